The maximum atomic E-state index is 9.78. The molecule has 2 aromatic rings. The first-order chi connectivity index (χ1) is 7.88. The molecule has 0 bridgehead atoms. The van der Waals surface area contributed by atoms with Crippen molar-refractivity contribution >= 4 is 0 Å². The fraction of sp³-hybridized carbons (Fsp3) is 0.385. The molecule has 0 aliphatic rings. The van der Waals surface area contributed by atoms with Gasteiger partial charge in [-0.2, -0.15) is 0 Å². The van der Waals surface area contributed by atoms with Gasteiger partial charge in [-0.05, 0) is 39.3 Å². The number of aromatic nitrogens is 2. The minimum absolute atomic E-state index is 0.230. The van der Waals surface area contributed by atoms with E-state index >= 15 is 0 Å². The van der Waals surface area contributed by atoms with Crippen LogP contribution in [0, 0.1) is 13.8 Å². The van der Waals surface area contributed by atoms with Crippen LogP contribution in [0.2, 0.25) is 0 Å². The Balaban J connectivity index is 2.47. The molecule has 0 spiro atoms. The van der Waals surface area contributed by atoms with E-state index in [9.17, 15) is 5.11 Å². The summed E-state index contributed by atoms with van der Waals surface area (Å²) in [5.41, 5.74) is 2.01. The molecule has 0 fully saturated rings. The van der Waals surface area contributed by atoms with Gasteiger partial charge in [0.15, 0.2) is 0 Å². The van der Waals surface area contributed by atoms with Crippen LogP contribution in [-0.2, 0) is 5.60 Å². The molecule has 0 saturated heterocycles. The highest BCUT2D eigenvalue weighted by molar-refractivity contribution is 5.59. The first kappa shape index (κ1) is 11.8. The minimum atomic E-state index is -1.11. The highest BCUT2D eigenvalue weighted by atomic mass is 16.4. The molecular weight excluding hydrogens is 216 g/mol. The third-order valence-electron chi connectivity index (χ3n) is 2.57. The van der Waals surface area contributed by atoms with Gasteiger partial charge in [0.05, 0.1) is 0 Å². The third-order valence-corrected chi connectivity index (χ3v) is 2.57. The van der Waals surface area contributed by atoms with Gasteiger partial charge < -0.3 is 9.52 Å². The molecule has 4 heteroatoms. The number of hydrogen-bond donors (Lipinski definition) is 1. The van der Waals surface area contributed by atoms with E-state index < -0.39 is 5.60 Å². The summed E-state index contributed by atoms with van der Waals surface area (Å²) in [6.45, 7) is 7.24. The van der Waals surface area contributed by atoms with Crippen LogP contribution in [0.1, 0.15) is 30.9 Å². The van der Waals surface area contributed by atoms with Gasteiger partial charge in [0.1, 0.15) is 5.60 Å². The zero-order chi connectivity index (χ0) is 12.6. The van der Waals surface area contributed by atoms with Crippen molar-refractivity contribution in [3.63, 3.8) is 0 Å². The van der Waals surface area contributed by atoms with Crippen molar-refractivity contribution in [1.82, 2.24) is 10.2 Å². The number of hydrogen-bond acceptors (Lipinski definition) is 4. The molecule has 0 aliphatic carbocycles. The minimum Gasteiger partial charge on any atom is -0.418 e. The standard InChI is InChI=1S/C13H16N2O2/c1-8-5-6-9(2)10(7-8)11-14-15-12(17-11)13(3,4)16/h5-7,16H,1-4H3. The predicted octanol–water partition coefficient (Wildman–Crippen LogP) is 2.58. The quantitative estimate of drug-likeness (QED) is 0.864. The lowest BCUT2D eigenvalue weighted by atomic mass is 10.1. The lowest BCUT2D eigenvalue weighted by Crippen LogP contribution is -2.15. The summed E-state index contributed by atoms with van der Waals surface area (Å²) in [4.78, 5) is 0. The lowest BCUT2D eigenvalue weighted by molar-refractivity contribution is 0.0488. The lowest BCUT2D eigenvalue weighted by Gasteiger charge is -2.10. The van der Waals surface area contributed by atoms with E-state index in [0.29, 0.717) is 5.89 Å². The zero-order valence-corrected chi connectivity index (χ0v) is 10.5. The average Bonchev–Trinajstić information content (AvgIpc) is 2.70. The number of benzene rings is 1. The second-order valence-corrected chi connectivity index (χ2v) is 4.79. The van der Waals surface area contributed by atoms with Crippen molar-refractivity contribution in [3.8, 4) is 11.5 Å². The summed E-state index contributed by atoms with van der Waals surface area (Å²) in [7, 11) is 0. The van der Waals surface area contributed by atoms with E-state index in [-0.39, 0.29) is 5.89 Å². The van der Waals surface area contributed by atoms with Gasteiger partial charge in [0.2, 0.25) is 11.8 Å². The summed E-state index contributed by atoms with van der Waals surface area (Å²) in [5, 5.41) is 17.6. The molecule has 90 valence electrons. The highest BCUT2D eigenvalue weighted by Crippen LogP contribution is 2.26. The first-order valence-electron chi connectivity index (χ1n) is 5.52. The SMILES string of the molecule is Cc1ccc(C)c(-c2nnc(C(C)(C)O)o2)c1. The van der Waals surface area contributed by atoms with Gasteiger partial charge >= 0.3 is 0 Å². The Bertz CT molecular complexity index is 539. The Labute approximate surface area is 100 Å². The number of aryl methyl sites for hydroxylation is 2. The summed E-state index contributed by atoms with van der Waals surface area (Å²) in [6, 6.07) is 6.04. The molecule has 1 heterocycles. The van der Waals surface area contributed by atoms with Crippen LogP contribution in [0.15, 0.2) is 22.6 Å². The molecular formula is C13H16N2O2. The maximum Gasteiger partial charge on any atom is 0.248 e. The Morgan fingerprint density at radius 2 is 1.88 bits per heavy atom. The first-order valence-corrected chi connectivity index (χ1v) is 5.52. The van der Waals surface area contributed by atoms with Gasteiger partial charge in [-0.3, -0.25) is 0 Å². The van der Waals surface area contributed by atoms with Crippen molar-refractivity contribution in [2.24, 2.45) is 0 Å². The van der Waals surface area contributed by atoms with E-state index in [4.69, 9.17) is 4.42 Å². The predicted molar refractivity (Wildman–Crippen MR) is 64.5 cm³/mol. The van der Waals surface area contributed by atoms with Gasteiger partial charge in [-0.1, -0.05) is 17.7 Å². The molecule has 1 N–H and O–H groups in total. The van der Waals surface area contributed by atoms with Crippen LogP contribution in [0.25, 0.3) is 11.5 Å². The summed E-state index contributed by atoms with van der Waals surface area (Å²) in [5.74, 6) is 0.678. The van der Waals surface area contributed by atoms with Crippen LogP contribution in [0.3, 0.4) is 0 Å². The zero-order valence-electron chi connectivity index (χ0n) is 10.5. The number of rotatable bonds is 2. The smallest absolute Gasteiger partial charge is 0.248 e. The summed E-state index contributed by atoms with van der Waals surface area (Å²) < 4.78 is 5.50. The molecule has 17 heavy (non-hydrogen) atoms. The Kier molecular flexibility index (Phi) is 2.75. The van der Waals surface area contributed by atoms with Gasteiger partial charge in [-0.15, -0.1) is 10.2 Å². The molecule has 0 atom stereocenters. The van der Waals surface area contributed by atoms with E-state index in [1.165, 1.54) is 0 Å². The molecule has 0 radical (unpaired) electrons. The monoisotopic (exact) mass is 232 g/mol. The second-order valence-electron chi connectivity index (χ2n) is 4.79. The Morgan fingerprint density at radius 1 is 1.18 bits per heavy atom. The molecule has 0 aliphatic heterocycles. The summed E-state index contributed by atoms with van der Waals surface area (Å²) >= 11 is 0. The van der Waals surface area contributed by atoms with Crippen molar-refractivity contribution in [2.45, 2.75) is 33.3 Å². The van der Waals surface area contributed by atoms with Crippen LogP contribution in [0.4, 0.5) is 0 Å². The maximum absolute atomic E-state index is 9.78. The van der Waals surface area contributed by atoms with E-state index in [1.807, 2.05) is 32.0 Å². The number of aliphatic hydroxyl groups is 1. The number of nitrogens with zero attached hydrogens (tertiary/aromatic N) is 2. The normalized spacial score (nSPS) is 11.8. The van der Waals surface area contributed by atoms with Crippen molar-refractivity contribution in [1.29, 1.82) is 0 Å². The summed E-state index contributed by atoms with van der Waals surface area (Å²) in [6.07, 6.45) is 0. The molecule has 2 rings (SSSR count). The topological polar surface area (TPSA) is 59.2 Å². The Morgan fingerprint density at radius 3 is 2.47 bits per heavy atom. The van der Waals surface area contributed by atoms with E-state index in [2.05, 4.69) is 10.2 Å². The van der Waals surface area contributed by atoms with Crippen molar-refractivity contribution < 1.29 is 9.52 Å². The van der Waals surface area contributed by atoms with Crippen molar-refractivity contribution in [2.75, 3.05) is 0 Å². The van der Waals surface area contributed by atoms with Crippen molar-refractivity contribution in [3.05, 3.63) is 35.2 Å². The molecule has 0 unspecified atom stereocenters. The highest BCUT2D eigenvalue weighted by Gasteiger charge is 2.24. The molecule has 4 nitrogen and oxygen atoms in total. The fourth-order valence-electron chi connectivity index (χ4n) is 1.55. The second kappa shape index (κ2) is 3.96. The van der Waals surface area contributed by atoms with E-state index in [1.54, 1.807) is 13.8 Å². The van der Waals surface area contributed by atoms with Crippen LogP contribution in [0.5, 0.6) is 0 Å². The molecule has 0 amide bonds. The van der Waals surface area contributed by atoms with Gasteiger partial charge in [-0.25, -0.2) is 0 Å². The molecule has 1 aromatic carbocycles. The average molecular weight is 232 g/mol. The fourth-order valence-corrected chi connectivity index (χ4v) is 1.55. The largest absolute Gasteiger partial charge is 0.418 e. The van der Waals surface area contributed by atoms with Gasteiger partial charge in [0.25, 0.3) is 0 Å². The van der Waals surface area contributed by atoms with Crippen LogP contribution >= 0.6 is 0 Å². The van der Waals surface area contributed by atoms with Crippen LogP contribution < -0.4 is 0 Å². The van der Waals surface area contributed by atoms with Crippen LogP contribution in [-0.4, -0.2) is 15.3 Å². The Hall–Kier alpha value is -1.68. The molecule has 1 aromatic heterocycles. The van der Waals surface area contributed by atoms with E-state index in [0.717, 1.165) is 16.7 Å². The third kappa shape index (κ3) is 2.36. The molecule has 0 saturated carbocycles. The van der Waals surface area contributed by atoms with Gasteiger partial charge in [0, 0.05) is 5.56 Å².